The number of ether oxygens (including phenoxy) is 1. The van der Waals surface area contributed by atoms with E-state index < -0.39 is 5.78 Å². The monoisotopic (exact) mass is 189 g/mol. The second kappa shape index (κ2) is 4.19. The number of benzene rings is 1. The molecule has 4 nitrogen and oxygen atoms in total. The lowest BCUT2D eigenvalue weighted by atomic mass is 10.0. The highest BCUT2D eigenvalue weighted by molar-refractivity contribution is 6.11. The van der Waals surface area contributed by atoms with Gasteiger partial charge in [-0.1, -0.05) is 0 Å². The van der Waals surface area contributed by atoms with Gasteiger partial charge in [0, 0.05) is 11.1 Å². The molecule has 0 radical (unpaired) electrons. The zero-order chi connectivity index (χ0) is 10.6. The van der Waals surface area contributed by atoms with Crippen LogP contribution in [0.1, 0.15) is 20.7 Å². The lowest BCUT2D eigenvalue weighted by Crippen LogP contribution is -2.01. The predicted molar refractivity (Wildman–Crippen MR) is 48.3 cm³/mol. The first kappa shape index (κ1) is 9.93. The summed E-state index contributed by atoms with van der Waals surface area (Å²) < 4.78 is 4.87. The Morgan fingerprint density at radius 3 is 2.79 bits per heavy atom. The van der Waals surface area contributed by atoms with E-state index >= 15 is 0 Å². The zero-order valence-electron chi connectivity index (χ0n) is 7.48. The third-order valence-corrected chi connectivity index (χ3v) is 1.73. The number of carbonyl (C=O) groups excluding carboxylic acids is 2. The minimum Gasteiger partial charge on any atom is -0.497 e. The van der Waals surface area contributed by atoms with E-state index in [0.717, 1.165) is 0 Å². The largest absolute Gasteiger partial charge is 0.497 e. The number of ketones is 1. The zero-order valence-corrected chi connectivity index (χ0v) is 7.48. The number of aldehydes is 1. The van der Waals surface area contributed by atoms with Crippen molar-refractivity contribution in [1.82, 2.24) is 0 Å². The highest BCUT2D eigenvalue weighted by atomic mass is 16.5. The van der Waals surface area contributed by atoms with Crippen molar-refractivity contribution in [2.45, 2.75) is 0 Å². The maximum atomic E-state index is 11.1. The highest BCUT2D eigenvalue weighted by Crippen LogP contribution is 2.16. The first-order chi connectivity index (χ1) is 6.72. The molecule has 0 aliphatic carbocycles. The van der Waals surface area contributed by atoms with Crippen LogP contribution in [0, 0.1) is 11.3 Å². The summed E-state index contributed by atoms with van der Waals surface area (Å²) in [4.78, 5) is 21.6. The Morgan fingerprint density at radius 1 is 1.57 bits per heavy atom. The van der Waals surface area contributed by atoms with Gasteiger partial charge >= 0.3 is 0 Å². The van der Waals surface area contributed by atoms with Gasteiger partial charge in [0.2, 0.25) is 0 Å². The van der Waals surface area contributed by atoms with Crippen molar-refractivity contribution in [3.63, 3.8) is 0 Å². The van der Waals surface area contributed by atoms with E-state index in [1.54, 1.807) is 6.07 Å². The van der Waals surface area contributed by atoms with Crippen LogP contribution in [0.4, 0.5) is 0 Å². The number of hydrogen-bond acceptors (Lipinski definition) is 4. The third-order valence-electron chi connectivity index (χ3n) is 1.73. The number of nitriles is 1. The Kier molecular flexibility index (Phi) is 2.97. The smallest absolute Gasteiger partial charge is 0.263 e. The average Bonchev–Trinajstić information content (AvgIpc) is 2.27. The molecule has 0 aliphatic rings. The van der Waals surface area contributed by atoms with Gasteiger partial charge in [0.1, 0.15) is 11.8 Å². The molecule has 0 spiro atoms. The minimum absolute atomic E-state index is 0.0712. The van der Waals surface area contributed by atoms with Gasteiger partial charge in [0.05, 0.1) is 7.11 Å². The number of rotatable bonds is 3. The van der Waals surface area contributed by atoms with Crippen LogP contribution in [0.15, 0.2) is 18.2 Å². The Hall–Kier alpha value is -2.15. The first-order valence-electron chi connectivity index (χ1n) is 3.80. The second-order valence-corrected chi connectivity index (χ2v) is 2.51. The van der Waals surface area contributed by atoms with Crippen molar-refractivity contribution in [3.05, 3.63) is 29.3 Å². The molecule has 1 aromatic carbocycles. The molecule has 0 atom stereocenters. The predicted octanol–water partition coefficient (Wildman–Crippen LogP) is 1.21. The van der Waals surface area contributed by atoms with Crippen LogP contribution in [0.25, 0.3) is 0 Å². The molecule has 70 valence electrons. The van der Waals surface area contributed by atoms with Crippen molar-refractivity contribution in [2.75, 3.05) is 7.11 Å². The van der Waals surface area contributed by atoms with E-state index in [2.05, 4.69) is 0 Å². The molecule has 0 saturated heterocycles. The van der Waals surface area contributed by atoms with Gasteiger partial charge in [-0.3, -0.25) is 9.59 Å². The van der Waals surface area contributed by atoms with E-state index in [1.165, 1.54) is 25.3 Å². The number of hydrogen-bond donors (Lipinski definition) is 0. The molecule has 0 amide bonds. The number of methoxy groups -OCH3 is 1. The van der Waals surface area contributed by atoms with E-state index in [-0.39, 0.29) is 11.1 Å². The van der Waals surface area contributed by atoms with Crippen LogP contribution in [-0.2, 0) is 0 Å². The fourth-order valence-electron chi connectivity index (χ4n) is 1.02. The molecular weight excluding hydrogens is 182 g/mol. The molecule has 4 heteroatoms. The lowest BCUT2D eigenvalue weighted by molar-refractivity contribution is 0.104. The molecule has 0 saturated carbocycles. The molecule has 0 heterocycles. The fraction of sp³-hybridized carbons (Fsp3) is 0.100. The first-order valence-corrected chi connectivity index (χ1v) is 3.80. The number of Topliss-reactive ketones (excluding diaryl/α,β-unsaturated/α-hetero) is 1. The van der Waals surface area contributed by atoms with E-state index in [4.69, 9.17) is 10.00 Å². The molecule has 0 unspecified atom stereocenters. The summed E-state index contributed by atoms with van der Waals surface area (Å²) in [7, 11) is 1.44. The van der Waals surface area contributed by atoms with Gasteiger partial charge < -0.3 is 4.74 Å². The molecule has 14 heavy (non-hydrogen) atoms. The number of carbonyl (C=O) groups is 2. The minimum atomic E-state index is -0.744. The SMILES string of the molecule is COc1ccc(C=O)c(C(=O)C#N)c1. The highest BCUT2D eigenvalue weighted by Gasteiger charge is 2.11. The Labute approximate surface area is 80.7 Å². The molecule has 1 rings (SSSR count). The van der Waals surface area contributed by atoms with Crippen LogP contribution >= 0.6 is 0 Å². The van der Waals surface area contributed by atoms with Crippen LogP contribution in [0.2, 0.25) is 0 Å². The molecule has 0 aromatic heterocycles. The summed E-state index contributed by atoms with van der Waals surface area (Å²) in [6.45, 7) is 0. The molecule has 0 N–H and O–H groups in total. The van der Waals surface area contributed by atoms with Crippen LogP contribution in [-0.4, -0.2) is 19.2 Å². The van der Waals surface area contributed by atoms with Crippen molar-refractivity contribution < 1.29 is 14.3 Å². The fourth-order valence-corrected chi connectivity index (χ4v) is 1.02. The van der Waals surface area contributed by atoms with Gasteiger partial charge in [-0.05, 0) is 18.2 Å². The summed E-state index contributed by atoms with van der Waals surface area (Å²) in [5.41, 5.74) is 0.263. The summed E-state index contributed by atoms with van der Waals surface area (Å²) in [5, 5.41) is 8.42. The van der Waals surface area contributed by atoms with Gasteiger partial charge in [-0.25, -0.2) is 0 Å². The topological polar surface area (TPSA) is 67.2 Å². The molecular formula is C10H7NO3. The van der Waals surface area contributed by atoms with Crippen molar-refractivity contribution in [3.8, 4) is 11.8 Å². The summed E-state index contributed by atoms with van der Waals surface area (Å²) in [6.07, 6.45) is 0.532. The normalized spacial score (nSPS) is 8.86. The van der Waals surface area contributed by atoms with Gasteiger partial charge in [0.25, 0.3) is 5.78 Å². The Bertz CT molecular complexity index is 418. The van der Waals surface area contributed by atoms with Crippen molar-refractivity contribution >= 4 is 12.1 Å². The maximum absolute atomic E-state index is 11.1. The summed E-state index contributed by atoms with van der Waals surface area (Å²) in [5.74, 6) is -0.305. The molecule has 1 aromatic rings. The van der Waals surface area contributed by atoms with Gasteiger partial charge in [-0.15, -0.1) is 0 Å². The van der Waals surface area contributed by atoms with E-state index in [9.17, 15) is 9.59 Å². The van der Waals surface area contributed by atoms with Crippen LogP contribution < -0.4 is 4.74 Å². The van der Waals surface area contributed by atoms with E-state index in [1.807, 2.05) is 0 Å². The maximum Gasteiger partial charge on any atom is 0.263 e. The Morgan fingerprint density at radius 2 is 2.29 bits per heavy atom. The summed E-state index contributed by atoms with van der Waals surface area (Å²) >= 11 is 0. The summed E-state index contributed by atoms with van der Waals surface area (Å²) in [6, 6.07) is 5.82. The Balaban J connectivity index is 3.30. The van der Waals surface area contributed by atoms with Crippen molar-refractivity contribution in [2.24, 2.45) is 0 Å². The third kappa shape index (κ3) is 1.77. The van der Waals surface area contributed by atoms with Crippen LogP contribution in [0.3, 0.4) is 0 Å². The van der Waals surface area contributed by atoms with Gasteiger partial charge in [-0.2, -0.15) is 5.26 Å². The van der Waals surface area contributed by atoms with Gasteiger partial charge in [0.15, 0.2) is 6.29 Å². The second-order valence-electron chi connectivity index (χ2n) is 2.51. The van der Waals surface area contributed by atoms with Crippen LogP contribution in [0.5, 0.6) is 5.75 Å². The molecule has 0 aliphatic heterocycles. The molecule has 0 bridgehead atoms. The average molecular weight is 189 g/mol. The molecule has 0 fully saturated rings. The number of nitrogens with zero attached hydrogens (tertiary/aromatic N) is 1. The standard InChI is InChI=1S/C10H7NO3/c1-14-8-3-2-7(6-12)9(4-8)10(13)5-11/h2-4,6H,1H3. The van der Waals surface area contributed by atoms with Crippen molar-refractivity contribution in [1.29, 1.82) is 5.26 Å². The quantitative estimate of drug-likeness (QED) is 0.407. The lowest BCUT2D eigenvalue weighted by Gasteiger charge is -2.02. The van der Waals surface area contributed by atoms with E-state index in [0.29, 0.717) is 12.0 Å².